The van der Waals surface area contributed by atoms with Crippen LogP contribution in [0.2, 0.25) is 0 Å². The number of benzene rings is 1. The molecule has 2 unspecified atom stereocenters. The number of alkyl halides is 1. The Kier molecular flexibility index (Phi) is 3.04. The normalized spacial score (nSPS) is 23.7. The van der Waals surface area contributed by atoms with Crippen molar-refractivity contribution in [1.29, 1.82) is 0 Å². The summed E-state index contributed by atoms with van der Waals surface area (Å²) in [5, 5.41) is -0.0573. The van der Waals surface area contributed by atoms with Gasteiger partial charge in [-0.2, -0.15) is 0 Å². The van der Waals surface area contributed by atoms with Crippen molar-refractivity contribution in [1.82, 2.24) is 0 Å². The van der Waals surface area contributed by atoms with Crippen molar-refractivity contribution < 1.29 is 9.13 Å². The van der Waals surface area contributed by atoms with E-state index in [1.807, 2.05) is 0 Å². The lowest BCUT2D eigenvalue weighted by atomic mass is 9.98. The van der Waals surface area contributed by atoms with Crippen LogP contribution >= 0.6 is 11.6 Å². The highest BCUT2D eigenvalue weighted by molar-refractivity contribution is 6.21. The maximum atomic E-state index is 12.7. The lowest BCUT2D eigenvalue weighted by Gasteiger charge is -2.15. The van der Waals surface area contributed by atoms with Gasteiger partial charge in [-0.15, -0.1) is 11.6 Å². The first-order valence-corrected chi connectivity index (χ1v) is 5.18. The highest BCUT2D eigenvalue weighted by Gasteiger charge is 2.25. The molecule has 0 bridgehead atoms. The van der Waals surface area contributed by atoms with Crippen molar-refractivity contribution in [3.63, 3.8) is 0 Å². The predicted molar refractivity (Wildman–Crippen MR) is 53.9 cm³/mol. The summed E-state index contributed by atoms with van der Waals surface area (Å²) in [7, 11) is 0. The molecule has 1 nitrogen and oxygen atoms in total. The third-order valence-electron chi connectivity index (χ3n) is 2.57. The highest BCUT2D eigenvalue weighted by Crippen LogP contribution is 2.34. The van der Waals surface area contributed by atoms with Gasteiger partial charge in [0.25, 0.3) is 0 Å². The third-order valence-corrected chi connectivity index (χ3v) is 3.18. The molecule has 2 rings (SSSR count). The van der Waals surface area contributed by atoms with E-state index in [2.05, 4.69) is 0 Å². The lowest BCUT2D eigenvalue weighted by Crippen LogP contribution is -2.07. The molecule has 0 aliphatic carbocycles. The fourth-order valence-corrected chi connectivity index (χ4v) is 2.05. The molecule has 0 amide bonds. The Morgan fingerprint density at radius 1 is 1.36 bits per heavy atom. The molecule has 0 saturated carbocycles. The van der Waals surface area contributed by atoms with E-state index in [0.717, 1.165) is 18.6 Å². The van der Waals surface area contributed by atoms with Gasteiger partial charge >= 0.3 is 0 Å². The van der Waals surface area contributed by atoms with Crippen LogP contribution in [0.15, 0.2) is 24.3 Å². The lowest BCUT2D eigenvalue weighted by molar-refractivity contribution is 0.185. The Labute approximate surface area is 87.8 Å². The summed E-state index contributed by atoms with van der Waals surface area (Å²) in [4.78, 5) is 0. The second kappa shape index (κ2) is 4.28. The van der Waals surface area contributed by atoms with Gasteiger partial charge in [0.1, 0.15) is 5.82 Å². The van der Waals surface area contributed by atoms with Crippen LogP contribution in [-0.2, 0) is 4.74 Å². The molecule has 1 saturated heterocycles. The van der Waals surface area contributed by atoms with Gasteiger partial charge in [-0.05, 0) is 24.1 Å². The summed E-state index contributed by atoms with van der Waals surface area (Å²) in [6, 6.07) is 6.37. The van der Waals surface area contributed by atoms with E-state index in [1.165, 1.54) is 12.1 Å². The van der Waals surface area contributed by atoms with Crippen LogP contribution in [0, 0.1) is 11.7 Å². The molecule has 1 aliphatic rings. The van der Waals surface area contributed by atoms with Crippen molar-refractivity contribution >= 4 is 11.6 Å². The summed E-state index contributed by atoms with van der Waals surface area (Å²) in [6.45, 7) is 1.50. The van der Waals surface area contributed by atoms with E-state index >= 15 is 0 Å². The third kappa shape index (κ3) is 2.07. The van der Waals surface area contributed by atoms with E-state index in [0.29, 0.717) is 12.5 Å². The Balaban J connectivity index is 2.09. The van der Waals surface area contributed by atoms with Gasteiger partial charge in [-0.1, -0.05) is 12.1 Å². The minimum absolute atomic E-state index is 0.0573. The quantitative estimate of drug-likeness (QED) is 0.688. The molecule has 1 aliphatic heterocycles. The average molecular weight is 215 g/mol. The van der Waals surface area contributed by atoms with Crippen LogP contribution in [0.5, 0.6) is 0 Å². The van der Waals surface area contributed by atoms with Crippen molar-refractivity contribution in [3.05, 3.63) is 35.6 Å². The Bertz CT molecular complexity index is 293. The second-order valence-corrected chi connectivity index (χ2v) is 4.05. The zero-order valence-corrected chi connectivity index (χ0v) is 8.51. The van der Waals surface area contributed by atoms with Gasteiger partial charge in [0.15, 0.2) is 0 Å². The number of hydrogen-bond donors (Lipinski definition) is 0. The van der Waals surface area contributed by atoms with Gasteiger partial charge in [0.05, 0.1) is 12.0 Å². The summed E-state index contributed by atoms with van der Waals surface area (Å²) in [5.41, 5.74) is 0.976. The first-order valence-electron chi connectivity index (χ1n) is 4.74. The fraction of sp³-hybridized carbons (Fsp3) is 0.455. The topological polar surface area (TPSA) is 9.23 Å². The zero-order chi connectivity index (χ0) is 9.97. The maximum Gasteiger partial charge on any atom is 0.123 e. The molecular formula is C11H12ClFO. The van der Waals surface area contributed by atoms with E-state index in [9.17, 15) is 4.39 Å². The van der Waals surface area contributed by atoms with Crippen molar-refractivity contribution in [2.45, 2.75) is 11.8 Å². The largest absolute Gasteiger partial charge is 0.381 e. The molecule has 0 aromatic heterocycles. The van der Waals surface area contributed by atoms with Gasteiger partial charge in [-0.25, -0.2) is 4.39 Å². The minimum Gasteiger partial charge on any atom is -0.381 e. The smallest absolute Gasteiger partial charge is 0.123 e. The zero-order valence-electron chi connectivity index (χ0n) is 7.75. The number of hydrogen-bond acceptors (Lipinski definition) is 1. The monoisotopic (exact) mass is 214 g/mol. The van der Waals surface area contributed by atoms with E-state index in [1.54, 1.807) is 12.1 Å². The van der Waals surface area contributed by atoms with Gasteiger partial charge in [0.2, 0.25) is 0 Å². The molecule has 14 heavy (non-hydrogen) atoms. The van der Waals surface area contributed by atoms with Crippen molar-refractivity contribution in [2.24, 2.45) is 5.92 Å². The van der Waals surface area contributed by atoms with Crippen molar-refractivity contribution in [3.8, 4) is 0 Å². The SMILES string of the molecule is Fc1ccc(C(Cl)C2CCOC2)cc1. The summed E-state index contributed by atoms with van der Waals surface area (Å²) < 4.78 is 17.9. The van der Waals surface area contributed by atoms with Crippen LogP contribution in [0.3, 0.4) is 0 Å². The van der Waals surface area contributed by atoms with Crippen LogP contribution in [0.4, 0.5) is 4.39 Å². The molecule has 1 heterocycles. The first kappa shape index (κ1) is 9.94. The van der Waals surface area contributed by atoms with Crippen LogP contribution in [0.25, 0.3) is 0 Å². The molecule has 1 fully saturated rings. The predicted octanol–water partition coefficient (Wildman–Crippen LogP) is 3.14. The first-order chi connectivity index (χ1) is 6.77. The number of rotatable bonds is 2. The molecule has 0 spiro atoms. The van der Waals surface area contributed by atoms with Gasteiger partial charge in [-0.3, -0.25) is 0 Å². The standard InChI is InChI=1S/C11H12ClFO/c12-11(9-5-6-14-7-9)8-1-3-10(13)4-2-8/h1-4,9,11H,5-7H2. The molecule has 3 heteroatoms. The second-order valence-electron chi connectivity index (χ2n) is 3.58. The Morgan fingerprint density at radius 3 is 2.64 bits per heavy atom. The van der Waals surface area contributed by atoms with E-state index in [4.69, 9.17) is 16.3 Å². The van der Waals surface area contributed by atoms with E-state index < -0.39 is 0 Å². The molecular weight excluding hydrogens is 203 g/mol. The van der Waals surface area contributed by atoms with Crippen LogP contribution < -0.4 is 0 Å². The highest BCUT2D eigenvalue weighted by atomic mass is 35.5. The number of halogens is 2. The van der Waals surface area contributed by atoms with Crippen molar-refractivity contribution in [2.75, 3.05) is 13.2 Å². The molecule has 0 radical (unpaired) electrons. The Hall–Kier alpha value is -0.600. The fourth-order valence-electron chi connectivity index (χ4n) is 1.70. The van der Waals surface area contributed by atoms with Crippen LogP contribution in [-0.4, -0.2) is 13.2 Å². The molecule has 0 N–H and O–H groups in total. The minimum atomic E-state index is -0.222. The van der Waals surface area contributed by atoms with Gasteiger partial charge in [0, 0.05) is 12.5 Å². The average Bonchev–Trinajstić information content (AvgIpc) is 2.71. The van der Waals surface area contributed by atoms with E-state index in [-0.39, 0.29) is 11.2 Å². The maximum absolute atomic E-state index is 12.7. The number of ether oxygens (including phenoxy) is 1. The summed E-state index contributed by atoms with van der Waals surface area (Å²) in [6.07, 6.45) is 0.992. The molecule has 76 valence electrons. The summed E-state index contributed by atoms with van der Waals surface area (Å²) in [5.74, 6) is 0.141. The molecule has 2 atom stereocenters. The van der Waals surface area contributed by atoms with Gasteiger partial charge < -0.3 is 4.74 Å². The van der Waals surface area contributed by atoms with Crippen LogP contribution in [0.1, 0.15) is 17.4 Å². The molecule has 1 aromatic carbocycles. The molecule has 1 aromatic rings. The Morgan fingerprint density at radius 2 is 2.07 bits per heavy atom. The summed E-state index contributed by atoms with van der Waals surface area (Å²) >= 11 is 6.26.